The van der Waals surface area contributed by atoms with Crippen molar-refractivity contribution in [3.05, 3.63) is 41.2 Å². The van der Waals surface area contributed by atoms with E-state index in [0.717, 1.165) is 48.7 Å². The van der Waals surface area contributed by atoms with Crippen LogP contribution in [-0.2, 0) is 24.2 Å². The Labute approximate surface area is 141 Å². The van der Waals surface area contributed by atoms with Gasteiger partial charge < -0.3 is 9.88 Å². The Morgan fingerprint density at radius 2 is 2.17 bits per heavy atom. The second-order valence-electron chi connectivity index (χ2n) is 6.94. The highest BCUT2D eigenvalue weighted by Gasteiger charge is 2.31. The Balaban J connectivity index is 1.36. The fourth-order valence-electron chi connectivity index (χ4n) is 3.43. The molecular weight excluding hydrogens is 302 g/mol. The van der Waals surface area contributed by atoms with Crippen molar-refractivity contribution in [2.45, 2.75) is 64.0 Å². The van der Waals surface area contributed by atoms with Crippen molar-refractivity contribution in [3.8, 4) is 0 Å². The zero-order valence-electron chi connectivity index (χ0n) is 14.0. The van der Waals surface area contributed by atoms with E-state index >= 15 is 0 Å². The van der Waals surface area contributed by atoms with E-state index in [0.29, 0.717) is 12.3 Å². The predicted molar refractivity (Wildman–Crippen MR) is 89.5 cm³/mol. The van der Waals surface area contributed by atoms with Crippen LogP contribution in [0.2, 0.25) is 0 Å². The van der Waals surface area contributed by atoms with Crippen LogP contribution in [0.3, 0.4) is 0 Å². The van der Waals surface area contributed by atoms with Gasteiger partial charge in [-0.15, -0.1) is 10.2 Å². The maximum absolute atomic E-state index is 12.4. The van der Waals surface area contributed by atoms with Crippen LogP contribution < -0.4 is 5.32 Å². The molecule has 24 heavy (non-hydrogen) atoms. The summed E-state index contributed by atoms with van der Waals surface area (Å²) in [6.07, 6.45) is 7.32. The normalized spacial score (nSPS) is 20.3. The third-order valence-corrected chi connectivity index (χ3v) is 5.03. The van der Waals surface area contributed by atoms with Gasteiger partial charge >= 0.3 is 0 Å². The average Bonchev–Trinajstić information content (AvgIpc) is 3.36. The number of nitrogens with zero attached hydrogens (tertiary/aromatic N) is 4. The van der Waals surface area contributed by atoms with Crippen molar-refractivity contribution < 1.29 is 4.79 Å². The molecule has 4 rings (SSSR count). The van der Waals surface area contributed by atoms with Crippen molar-refractivity contribution in [1.82, 2.24) is 25.1 Å². The van der Waals surface area contributed by atoms with E-state index in [1.807, 2.05) is 19.1 Å². The lowest BCUT2D eigenvalue weighted by Crippen LogP contribution is -2.36. The first-order chi connectivity index (χ1) is 11.7. The number of carbonyl (C=O) groups is 1. The SMILES string of the molecule is Cc1cccnc1CC(=O)NC1CCc2nnc(C3CC3)n2CC1. The first-order valence-electron chi connectivity index (χ1n) is 8.82. The quantitative estimate of drug-likeness (QED) is 0.932. The first kappa shape index (κ1) is 15.3. The summed E-state index contributed by atoms with van der Waals surface area (Å²) in [5.41, 5.74) is 1.92. The van der Waals surface area contributed by atoms with Gasteiger partial charge in [-0.2, -0.15) is 0 Å². The fraction of sp³-hybridized carbons (Fsp3) is 0.556. The van der Waals surface area contributed by atoms with Gasteiger partial charge in [0.15, 0.2) is 0 Å². The molecule has 6 heteroatoms. The van der Waals surface area contributed by atoms with Gasteiger partial charge in [0.2, 0.25) is 5.91 Å². The van der Waals surface area contributed by atoms with Gasteiger partial charge in [-0.1, -0.05) is 6.07 Å². The zero-order valence-corrected chi connectivity index (χ0v) is 14.0. The second kappa shape index (κ2) is 6.34. The monoisotopic (exact) mass is 325 g/mol. The van der Waals surface area contributed by atoms with E-state index in [2.05, 4.69) is 25.1 Å². The Hall–Kier alpha value is -2.24. The summed E-state index contributed by atoms with van der Waals surface area (Å²) in [6, 6.07) is 4.09. The molecule has 0 saturated heterocycles. The minimum Gasteiger partial charge on any atom is -0.353 e. The van der Waals surface area contributed by atoms with Gasteiger partial charge in [0.25, 0.3) is 0 Å². The van der Waals surface area contributed by atoms with Crippen molar-refractivity contribution in [2.75, 3.05) is 0 Å². The maximum Gasteiger partial charge on any atom is 0.226 e. The first-order valence-corrected chi connectivity index (χ1v) is 8.82. The predicted octanol–water partition coefficient (Wildman–Crippen LogP) is 1.92. The number of aromatic nitrogens is 4. The van der Waals surface area contributed by atoms with E-state index in [1.165, 1.54) is 12.8 Å². The molecule has 3 heterocycles. The van der Waals surface area contributed by atoms with E-state index in [-0.39, 0.29) is 11.9 Å². The number of nitrogens with one attached hydrogen (secondary N) is 1. The molecule has 2 aliphatic rings. The molecule has 1 unspecified atom stereocenters. The van der Waals surface area contributed by atoms with E-state index in [1.54, 1.807) is 6.20 Å². The number of pyridine rings is 1. The molecule has 0 radical (unpaired) electrons. The molecule has 1 atom stereocenters. The number of hydrogen-bond acceptors (Lipinski definition) is 4. The smallest absolute Gasteiger partial charge is 0.226 e. The minimum atomic E-state index is 0.0573. The number of aryl methyl sites for hydroxylation is 2. The largest absolute Gasteiger partial charge is 0.353 e. The molecular formula is C18H23N5O. The fourth-order valence-corrected chi connectivity index (χ4v) is 3.43. The number of carbonyl (C=O) groups excluding carboxylic acids is 1. The Morgan fingerprint density at radius 3 is 2.96 bits per heavy atom. The number of rotatable bonds is 4. The Morgan fingerprint density at radius 1 is 1.29 bits per heavy atom. The zero-order chi connectivity index (χ0) is 16.5. The summed E-state index contributed by atoms with van der Waals surface area (Å²) in [4.78, 5) is 16.7. The lowest BCUT2D eigenvalue weighted by molar-refractivity contribution is -0.121. The molecule has 6 nitrogen and oxygen atoms in total. The highest BCUT2D eigenvalue weighted by Crippen LogP contribution is 2.39. The highest BCUT2D eigenvalue weighted by atomic mass is 16.1. The van der Waals surface area contributed by atoms with Gasteiger partial charge in [-0.25, -0.2) is 0 Å². The van der Waals surface area contributed by atoms with Gasteiger partial charge in [0, 0.05) is 31.1 Å². The summed E-state index contributed by atoms with van der Waals surface area (Å²) < 4.78 is 2.28. The molecule has 2 aromatic rings. The number of amides is 1. The lowest BCUT2D eigenvalue weighted by Gasteiger charge is -2.16. The molecule has 1 saturated carbocycles. The standard InChI is InChI=1S/C18H23N5O/c1-12-3-2-9-19-15(12)11-17(24)20-14-6-7-16-21-22-18(13-4-5-13)23(16)10-8-14/h2-3,9,13-14H,4-8,10-11H2,1H3,(H,20,24). The van der Waals surface area contributed by atoms with Gasteiger partial charge in [-0.3, -0.25) is 9.78 Å². The van der Waals surface area contributed by atoms with Crippen LogP contribution in [-0.4, -0.2) is 31.7 Å². The van der Waals surface area contributed by atoms with Crippen LogP contribution in [0.4, 0.5) is 0 Å². The van der Waals surface area contributed by atoms with E-state index < -0.39 is 0 Å². The Kier molecular flexibility index (Phi) is 4.04. The number of fused-ring (bicyclic) bond motifs is 1. The number of hydrogen-bond donors (Lipinski definition) is 1. The molecule has 1 aliphatic carbocycles. The van der Waals surface area contributed by atoms with Crippen LogP contribution >= 0.6 is 0 Å². The molecule has 2 aromatic heterocycles. The summed E-state index contributed by atoms with van der Waals surface area (Å²) >= 11 is 0. The van der Waals surface area contributed by atoms with Crippen molar-refractivity contribution in [2.24, 2.45) is 0 Å². The molecule has 0 spiro atoms. The van der Waals surface area contributed by atoms with Crippen molar-refractivity contribution in [3.63, 3.8) is 0 Å². The highest BCUT2D eigenvalue weighted by molar-refractivity contribution is 5.78. The maximum atomic E-state index is 12.4. The molecule has 126 valence electrons. The van der Waals surface area contributed by atoms with Gasteiger partial charge in [0.05, 0.1) is 12.1 Å². The van der Waals surface area contributed by atoms with Crippen LogP contribution in [0.1, 0.15) is 54.5 Å². The third kappa shape index (κ3) is 3.18. The molecule has 1 aliphatic heterocycles. The summed E-state index contributed by atoms with van der Waals surface area (Å²) in [5.74, 6) is 2.90. The topological polar surface area (TPSA) is 72.7 Å². The molecule has 1 fully saturated rings. The van der Waals surface area contributed by atoms with E-state index in [9.17, 15) is 4.79 Å². The van der Waals surface area contributed by atoms with Crippen LogP contribution in [0, 0.1) is 6.92 Å². The second-order valence-corrected chi connectivity index (χ2v) is 6.94. The summed E-state index contributed by atoms with van der Waals surface area (Å²) in [7, 11) is 0. The third-order valence-electron chi connectivity index (χ3n) is 5.03. The molecule has 1 N–H and O–H groups in total. The van der Waals surface area contributed by atoms with Crippen molar-refractivity contribution >= 4 is 5.91 Å². The summed E-state index contributed by atoms with van der Waals surface area (Å²) in [5, 5.41) is 11.9. The van der Waals surface area contributed by atoms with Crippen LogP contribution in [0.25, 0.3) is 0 Å². The van der Waals surface area contributed by atoms with E-state index in [4.69, 9.17) is 0 Å². The summed E-state index contributed by atoms with van der Waals surface area (Å²) in [6.45, 7) is 2.90. The van der Waals surface area contributed by atoms with Crippen LogP contribution in [0.5, 0.6) is 0 Å². The lowest BCUT2D eigenvalue weighted by atomic mass is 10.1. The molecule has 0 aromatic carbocycles. The van der Waals surface area contributed by atoms with Gasteiger partial charge in [0.1, 0.15) is 11.6 Å². The van der Waals surface area contributed by atoms with Crippen molar-refractivity contribution in [1.29, 1.82) is 0 Å². The van der Waals surface area contributed by atoms with Crippen LogP contribution in [0.15, 0.2) is 18.3 Å². The Bertz CT molecular complexity index is 750. The van der Waals surface area contributed by atoms with Gasteiger partial charge in [-0.05, 0) is 44.2 Å². The minimum absolute atomic E-state index is 0.0573. The average molecular weight is 325 g/mol. The molecule has 0 bridgehead atoms. The molecule has 1 amide bonds.